The molecule has 12 heavy (non-hydrogen) atoms. The lowest BCUT2D eigenvalue weighted by Gasteiger charge is -2.11. The van der Waals surface area contributed by atoms with Crippen molar-refractivity contribution in [3.8, 4) is 0 Å². The predicted molar refractivity (Wildman–Crippen MR) is 52.6 cm³/mol. The van der Waals surface area contributed by atoms with Gasteiger partial charge in [0.05, 0.1) is 5.02 Å². The summed E-state index contributed by atoms with van der Waals surface area (Å²) in [7, 11) is 0. The average molecular weight is 185 g/mol. The number of aromatic nitrogens is 1. The van der Waals surface area contributed by atoms with Gasteiger partial charge in [-0.1, -0.05) is 18.5 Å². The van der Waals surface area contributed by atoms with Crippen molar-refractivity contribution in [2.24, 2.45) is 0 Å². The molecule has 1 atom stereocenters. The third-order valence-corrected chi connectivity index (χ3v) is 1.96. The first kappa shape index (κ1) is 9.33. The van der Waals surface area contributed by atoms with Crippen molar-refractivity contribution in [3.63, 3.8) is 0 Å². The molecule has 0 amide bonds. The first-order valence-corrected chi connectivity index (χ1v) is 4.48. The summed E-state index contributed by atoms with van der Waals surface area (Å²) in [5.74, 6) is 0.883. The molecule has 0 saturated carbocycles. The van der Waals surface area contributed by atoms with Crippen LogP contribution in [0.4, 0.5) is 5.82 Å². The third-order valence-electron chi connectivity index (χ3n) is 1.73. The van der Waals surface area contributed by atoms with Crippen molar-refractivity contribution in [2.45, 2.75) is 26.3 Å². The zero-order valence-electron chi connectivity index (χ0n) is 7.34. The monoisotopic (exact) mass is 184 g/mol. The third kappa shape index (κ3) is 2.70. The maximum absolute atomic E-state index is 5.69. The minimum Gasteiger partial charge on any atom is -0.368 e. The topological polar surface area (TPSA) is 24.9 Å². The second kappa shape index (κ2) is 4.31. The minimum absolute atomic E-state index is 0.457. The number of pyridine rings is 1. The van der Waals surface area contributed by atoms with E-state index >= 15 is 0 Å². The Hall–Kier alpha value is -0.760. The Balaban J connectivity index is 2.58. The largest absolute Gasteiger partial charge is 0.368 e. The lowest BCUT2D eigenvalue weighted by Crippen LogP contribution is -2.14. The van der Waals surface area contributed by atoms with Gasteiger partial charge in [0, 0.05) is 12.2 Å². The molecule has 0 spiro atoms. The maximum Gasteiger partial charge on any atom is 0.126 e. The molecule has 1 N–H and O–H groups in total. The zero-order chi connectivity index (χ0) is 8.97. The van der Waals surface area contributed by atoms with Crippen LogP contribution in [0.15, 0.2) is 18.3 Å². The van der Waals surface area contributed by atoms with Gasteiger partial charge in [-0.25, -0.2) is 4.98 Å². The van der Waals surface area contributed by atoms with Crippen LogP contribution in [-0.4, -0.2) is 11.0 Å². The second-order valence-corrected chi connectivity index (χ2v) is 3.25. The number of nitrogens with zero attached hydrogens (tertiary/aromatic N) is 1. The van der Waals surface area contributed by atoms with Crippen LogP contribution >= 0.6 is 11.6 Å². The van der Waals surface area contributed by atoms with E-state index < -0.39 is 0 Å². The van der Waals surface area contributed by atoms with Gasteiger partial charge in [0.1, 0.15) is 5.82 Å². The first-order chi connectivity index (χ1) is 5.72. The molecule has 2 nitrogen and oxygen atoms in total. The van der Waals surface area contributed by atoms with E-state index in [0.717, 1.165) is 12.2 Å². The molecular formula is C9H13ClN2. The Kier molecular flexibility index (Phi) is 3.35. The Labute approximate surface area is 78.0 Å². The summed E-state index contributed by atoms with van der Waals surface area (Å²) in [6.07, 6.45) is 2.73. The van der Waals surface area contributed by atoms with Gasteiger partial charge in [0.15, 0.2) is 0 Å². The quantitative estimate of drug-likeness (QED) is 0.782. The van der Waals surface area contributed by atoms with Crippen molar-refractivity contribution in [1.29, 1.82) is 0 Å². The highest BCUT2D eigenvalue weighted by Crippen LogP contribution is 2.10. The molecular weight excluding hydrogens is 172 g/mol. The van der Waals surface area contributed by atoms with Gasteiger partial charge in [-0.15, -0.1) is 0 Å². The number of hydrogen-bond acceptors (Lipinski definition) is 2. The smallest absolute Gasteiger partial charge is 0.126 e. The number of hydrogen-bond donors (Lipinski definition) is 1. The summed E-state index contributed by atoms with van der Waals surface area (Å²) < 4.78 is 0. The maximum atomic E-state index is 5.69. The fourth-order valence-electron chi connectivity index (χ4n) is 0.816. The lowest BCUT2D eigenvalue weighted by atomic mass is 10.2. The summed E-state index contributed by atoms with van der Waals surface area (Å²) in [6, 6.07) is 4.17. The first-order valence-electron chi connectivity index (χ1n) is 4.10. The van der Waals surface area contributed by atoms with Crippen LogP contribution in [0.5, 0.6) is 0 Å². The van der Waals surface area contributed by atoms with Crippen molar-refractivity contribution in [3.05, 3.63) is 23.4 Å². The van der Waals surface area contributed by atoms with Crippen molar-refractivity contribution in [1.82, 2.24) is 4.98 Å². The minimum atomic E-state index is 0.457. The molecule has 0 saturated heterocycles. The Bertz CT molecular complexity index is 233. The molecule has 1 heterocycles. The van der Waals surface area contributed by atoms with Gasteiger partial charge < -0.3 is 5.32 Å². The van der Waals surface area contributed by atoms with Crippen LogP contribution in [0.25, 0.3) is 0 Å². The highest BCUT2D eigenvalue weighted by Gasteiger charge is 1.98. The summed E-state index contributed by atoms with van der Waals surface area (Å²) in [5, 5.41) is 3.92. The number of anilines is 1. The van der Waals surface area contributed by atoms with E-state index in [2.05, 4.69) is 24.1 Å². The zero-order valence-corrected chi connectivity index (χ0v) is 8.10. The highest BCUT2D eigenvalue weighted by molar-refractivity contribution is 6.30. The molecule has 0 bridgehead atoms. The normalized spacial score (nSPS) is 12.6. The van der Waals surface area contributed by atoms with Crippen LogP contribution in [0.1, 0.15) is 20.3 Å². The molecule has 1 aromatic heterocycles. The van der Waals surface area contributed by atoms with Crippen LogP contribution in [0.2, 0.25) is 5.02 Å². The van der Waals surface area contributed by atoms with E-state index in [1.54, 1.807) is 6.20 Å². The van der Waals surface area contributed by atoms with E-state index in [4.69, 9.17) is 11.6 Å². The van der Waals surface area contributed by atoms with E-state index in [1.165, 1.54) is 0 Å². The van der Waals surface area contributed by atoms with Crippen LogP contribution in [0.3, 0.4) is 0 Å². The van der Waals surface area contributed by atoms with Gasteiger partial charge in [0.25, 0.3) is 0 Å². The second-order valence-electron chi connectivity index (χ2n) is 2.82. The van der Waals surface area contributed by atoms with E-state index in [0.29, 0.717) is 11.1 Å². The molecule has 1 unspecified atom stereocenters. The predicted octanol–water partition coefficient (Wildman–Crippen LogP) is 2.95. The molecule has 0 aliphatic carbocycles. The van der Waals surface area contributed by atoms with Crippen LogP contribution in [0, 0.1) is 0 Å². The summed E-state index contributed by atoms with van der Waals surface area (Å²) in [4.78, 5) is 4.12. The molecule has 1 aromatic rings. The standard InChI is InChI=1S/C9H13ClN2/c1-3-7(2)12-9-5-4-8(10)6-11-9/h4-7H,3H2,1-2H3,(H,11,12). The van der Waals surface area contributed by atoms with Crippen LogP contribution in [-0.2, 0) is 0 Å². The molecule has 66 valence electrons. The SMILES string of the molecule is CCC(C)Nc1ccc(Cl)cn1. The number of rotatable bonds is 3. The average Bonchev–Trinajstić information content (AvgIpc) is 2.09. The molecule has 0 aromatic carbocycles. The molecule has 0 radical (unpaired) electrons. The Morgan fingerprint density at radius 3 is 2.83 bits per heavy atom. The van der Waals surface area contributed by atoms with Crippen molar-refractivity contribution >= 4 is 17.4 Å². The number of nitrogens with one attached hydrogen (secondary N) is 1. The molecule has 0 fully saturated rings. The van der Waals surface area contributed by atoms with Gasteiger partial charge in [-0.05, 0) is 25.5 Å². The summed E-state index contributed by atoms with van der Waals surface area (Å²) in [6.45, 7) is 4.25. The van der Waals surface area contributed by atoms with Crippen LogP contribution < -0.4 is 5.32 Å². The van der Waals surface area contributed by atoms with E-state index in [-0.39, 0.29) is 0 Å². The summed E-state index contributed by atoms with van der Waals surface area (Å²) >= 11 is 5.69. The molecule has 0 aliphatic rings. The highest BCUT2D eigenvalue weighted by atomic mass is 35.5. The van der Waals surface area contributed by atoms with Gasteiger partial charge in [0.2, 0.25) is 0 Å². The fourth-order valence-corrected chi connectivity index (χ4v) is 0.928. The van der Waals surface area contributed by atoms with Gasteiger partial charge in [-0.3, -0.25) is 0 Å². The lowest BCUT2D eigenvalue weighted by molar-refractivity contribution is 0.759. The molecule has 3 heteroatoms. The van der Waals surface area contributed by atoms with Gasteiger partial charge >= 0.3 is 0 Å². The molecule has 0 aliphatic heterocycles. The fraction of sp³-hybridized carbons (Fsp3) is 0.444. The summed E-state index contributed by atoms with van der Waals surface area (Å²) in [5.41, 5.74) is 0. The molecule has 1 rings (SSSR count). The van der Waals surface area contributed by atoms with E-state index in [1.807, 2.05) is 12.1 Å². The van der Waals surface area contributed by atoms with Gasteiger partial charge in [-0.2, -0.15) is 0 Å². The van der Waals surface area contributed by atoms with E-state index in [9.17, 15) is 0 Å². The van der Waals surface area contributed by atoms with Crippen molar-refractivity contribution in [2.75, 3.05) is 5.32 Å². The Morgan fingerprint density at radius 1 is 1.58 bits per heavy atom. The Morgan fingerprint density at radius 2 is 2.33 bits per heavy atom. The van der Waals surface area contributed by atoms with Crippen molar-refractivity contribution < 1.29 is 0 Å². The number of halogens is 1.